The summed E-state index contributed by atoms with van der Waals surface area (Å²) >= 11 is 0. The molecule has 0 aromatic heterocycles. The topological polar surface area (TPSA) is 111 Å². The third kappa shape index (κ3) is 6.45. The Morgan fingerprint density at radius 1 is 0.536 bits per heavy atom. The molecule has 10 atom stereocenters. The van der Waals surface area contributed by atoms with Gasteiger partial charge in [0.15, 0.2) is 0 Å². The molecule has 0 unspecified atom stereocenters. The van der Waals surface area contributed by atoms with Crippen molar-refractivity contribution in [1.82, 2.24) is 0 Å². The van der Waals surface area contributed by atoms with Gasteiger partial charge in [-0.2, -0.15) is 0 Å². The first kappa shape index (κ1) is 37.4. The highest BCUT2D eigenvalue weighted by Crippen LogP contribution is 2.62. The summed E-state index contributed by atoms with van der Waals surface area (Å²) in [5.74, 6) is 5.35. The van der Waals surface area contributed by atoms with Gasteiger partial charge in [-0.3, -0.25) is 0 Å². The summed E-state index contributed by atoms with van der Waals surface area (Å²) in [4.78, 5) is 0. The maximum atomic E-state index is 13.7. The lowest BCUT2D eigenvalue weighted by Crippen LogP contribution is -2.43. The number of ether oxygens (including phenoxy) is 2. The smallest absolute Gasteiger partial charge is 0.149 e. The van der Waals surface area contributed by atoms with E-state index in [0.29, 0.717) is 47.0 Å². The molecule has 56 heavy (non-hydrogen) atoms. The van der Waals surface area contributed by atoms with Crippen molar-refractivity contribution in [3.05, 3.63) is 107 Å². The van der Waals surface area contributed by atoms with Crippen molar-refractivity contribution in [1.29, 1.82) is 0 Å². The van der Waals surface area contributed by atoms with Crippen LogP contribution in [0.1, 0.15) is 112 Å². The standard InChI is InChI=1S/2C24H28FNO2/c2*1-24-11-10-18-17-6-3-15(28-16-4-8-22(26)21(25)13-16)12-14(17)2-5-19(18)20(24)7-9-23(24)27/h2*3-4,6,8,12-13,18-20,23,27H,2,5,7,9-11,26H2,1H3/t2*18-,19-,20+,23+,24+/m11/s1. The number of rotatable bonds is 4. The first-order valence-electron chi connectivity index (χ1n) is 21.0. The monoisotopic (exact) mass is 762 g/mol. The fraction of sp³-hybridized carbons (Fsp3) is 0.500. The lowest BCUT2D eigenvalue weighted by Gasteiger charge is -2.50. The number of aliphatic hydroxyl groups is 2. The number of fused-ring (bicyclic) bond motifs is 10. The summed E-state index contributed by atoms with van der Waals surface area (Å²) < 4.78 is 39.1. The van der Waals surface area contributed by atoms with Crippen molar-refractivity contribution in [2.45, 2.75) is 115 Å². The molecule has 4 aromatic rings. The molecule has 296 valence electrons. The number of hydrogen-bond acceptors (Lipinski definition) is 6. The first-order chi connectivity index (χ1) is 26.9. The molecular formula is C48H56F2N2O4. The van der Waals surface area contributed by atoms with Gasteiger partial charge in [-0.1, -0.05) is 26.0 Å². The summed E-state index contributed by atoms with van der Waals surface area (Å²) in [5.41, 5.74) is 17.2. The Morgan fingerprint density at radius 3 is 1.34 bits per heavy atom. The van der Waals surface area contributed by atoms with E-state index in [0.717, 1.165) is 75.7 Å². The van der Waals surface area contributed by atoms with Gasteiger partial charge in [-0.25, -0.2) is 8.78 Å². The van der Waals surface area contributed by atoms with E-state index in [1.54, 1.807) is 12.1 Å². The highest BCUT2D eigenvalue weighted by Gasteiger charge is 2.55. The molecule has 0 radical (unpaired) electrons. The Balaban J connectivity index is 0.000000146. The van der Waals surface area contributed by atoms with E-state index in [1.165, 1.54) is 59.4 Å². The second kappa shape index (κ2) is 14.4. The van der Waals surface area contributed by atoms with E-state index in [-0.39, 0.29) is 34.4 Å². The molecular weight excluding hydrogens is 707 g/mol. The lowest BCUT2D eigenvalue weighted by atomic mass is 9.55. The summed E-state index contributed by atoms with van der Waals surface area (Å²) in [5, 5.41) is 21.1. The number of benzene rings is 4. The molecule has 0 bridgehead atoms. The predicted molar refractivity (Wildman–Crippen MR) is 216 cm³/mol. The minimum Gasteiger partial charge on any atom is -0.457 e. The number of anilines is 2. The molecule has 4 fully saturated rings. The van der Waals surface area contributed by atoms with Crippen LogP contribution in [0.2, 0.25) is 0 Å². The number of aryl methyl sites for hydroxylation is 2. The van der Waals surface area contributed by atoms with Gasteiger partial charge in [0.25, 0.3) is 0 Å². The van der Waals surface area contributed by atoms with E-state index >= 15 is 0 Å². The summed E-state index contributed by atoms with van der Waals surface area (Å²) in [6.45, 7) is 4.62. The van der Waals surface area contributed by atoms with Crippen LogP contribution in [0.15, 0.2) is 72.8 Å². The minimum absolute atomic E-state index is 0.112. The van der Waals surface area contributed by atoms with Crippen LogP contribution in [-0.2, 0) is 12.8 Å². The Morgan fingerprint density at radius 2 is 0.929 bits per heavy atom. The third-order valence-corrected chi connectivity index (χ3v) is 15.7. The van der Waals surface area contributed by atoms with Crippen LogP contribution in [-0.4, -0.2) is 22.4 Å². The zero-order valence-corrected chi connectivity index (χ0v) is 32.7. The zero-order valence-electron chi connectivity index (χ0n) is 32.7. The minimum atomic E-state index is -0.456. The quantitative estimate of drug-likeness (QED) is 0.154. The van der Waals surface area contributed by atoms with Gasteiger partial charge >= 0.3 is 0 Å². The van der Waals surface area contributed by atoms with Crippen LogP contribution in [0.3, 0.4) is 0 Å². The Kier molecular flexibility index (Phi) is 9.59. The Labute approximate surface area is 329 Å². The maximum Gasteiger partial charge on any atom is 0.149 e. The number of nitrogens with two attached hydrogens (primary N) is 2. The van der Waals surface area contributed by atoms with Gasteiger partial charge in [-0.05, 0) is 194 Å². The highest BCUT2D eigenvalue weighted by molar-refractivity contribution is 5.48. The van der Waals surface area contributed by atoms with Gasteiger partial charge in [-0.15, -0.1) is 0 Å². The van der Waals surface area contributed by atoms with Crippen molar-refractivity contribution in [3.63, 3.8) is 0 Å². The molecule has 0 heterocycles. The van der Waals surface area contributed by atoms with E-state index in [4.69, 9.17) is 20.9 Å². The number of aliphatic hydroxyl groups excluding tert-OH is 2. The predicted octanol–water partition coefficient (Wildman–Crippen LogP) is 10.8. The summed E-state index contributed by atoms with van der Waals surface area (Å²) in [6.07, 6.45) is 13.0. The molecule has 6 aliphatic rings. The van der Waals surface area contributed by atoms with Crippen LogP contribution >= 0.6 is 0 Å². The second-order valence-electron chi connectivity index (χ2n) is 18.4. The molecule has 8 heteroatoms. The van der Waals surface area contributed by atoms with Crippen LogP contribution in [0.25, 0.3) is 0 Å². The van der Waals surface area contributed by atoms with Crippen molar-refractivity contribution in [2.24, 2.45) is 34.5 Å². The van der Waals surface area contributed by atoms with Gasteiger partial charge < -0.3 is 31.2 Å². The Hall–Kier alpha value is -4.14. The van der Waals surface area contributed by atoms with Crippen molar-refractivity contribution in [3.8, 4) is 23.0 Å². The van der Waals surface area contributed by atoms with E-state index in [9.17, 15) is 19.0 Å². The fourth-order valence-electron chi connectivity index (χ4n) is 12.6. The third-order valence-electron chi connectivity index (χ3n) is 15.7. The average molecular weight is 763 g/mol. The lowest BCUT2D eigenvalue weighted by molar-refractivity contribution is -0.0226. The van der Waals surface area contributed by atoms with Gasteiger partial charge in [0, 0.05) is 12.1 Å². The Bertz CT molecular complexity index is 1980. The number of hydrogen-bond donors (Lipinski definition) is 4. The molecule has 0 aliphatic heterocycles. The number of halogens is 2. The average Bonchev–Trinajstić information content (AvgIpc) is 3.67. The van der Waals surface area contributed by atoms with Crippen molar-refractivity contribution in [2.75, 3.05) is 11.5 Å². The van der Waals surface area contributed by atoms with Crippen LogP contribution in [0, 0.1) is 46.1 Å². The molecule has 4 saturated carbocycles. The SMILES string of the molecule is C[C@]12CC[C@@H]3c4ccc(Oc5ccc(N)c(F)c5)cc4CC[C@H]3[C@@H]1CC[C@@H]2O.C[C@]12CC[C@@H]3c4ccc(Oc5ccc(N)c(F)c5)cc4CC[C@H]3[C@@H]1CC[C@@H]2O. The molecule has 6 aliphatic carbocycles. The van der Waals surface area contributed by atoms with E-state index in [2.05, 4.69) is 38.1 Å². The molecule has 6 nitrogen and oxygen atoms in total. The molecule has 4 aromatic carbocycles. The van der Waals surface area contributed by atoms with Crippen LogP contribution < -0.4 is 20.9 Å². The number of nitrogen functional groups attached to an aromatic ring is 2. The fourth-order valence-corrected chi connectivity index (χ4v) is 12.6. The zero-order chi connectivity index (χ0) is 38.9. The van der Waals surface area contributed by atoms with E-state index in [1.807, 2.05) is 12.1 Å². The van der Waals surface area contributed by atoms with Crippen molar-refractivity contribution >= 4 is 11.4 Å². The first-order valence-corrected chi connectivity index (χ1v) is 21.0. The van der Waals surface area contributed by atoms with Crippen LogP contribution in [0.5, 0.6) is 23.0 Å². The van der Waals surface area contributed by atoms with Crippen molar-refractivity contribution < 1.29 is 28.5 Å². The second-order valence-corrected chi connectivity index (χ2v) is 18.4. The molecule has 0 spiro atoms. The molecule has 0 amide bonds. The normalized spacial score (nSPS) is 33.7. The van der Waals surface area contributed by atoms with Crippen LogP contribution in [0.4, 0.5) is 20.2 Å². The van der Waals surface area contributed by atoms with Gasteiger partial charge in [0.2, 0.25) is 0 Å². The summed E-state index contributed by atoms with van der Waals surface area (Å²) in [7, 11) is 0. The molecule has 10 rings (SSSR count). The molecule has 0 saturated heterocycles. The summed E-state index contributed by atoms with van der Waals surface area (Å²) in [6, 6.07) is 21.8. The van der Waals surface area contributed by atoms with Gasteiger partial charge in [0.1, 0.15) is 34.6 Å². The molecule has 6 N–H and O–H groups in total. The van der Waals surface area contributed by atoms with E-state index < -0.39 is 11.6 Å². The largest absolute Gasteiger partial charge is 0.457 e. The van der Waals surface area contributed by atoms with Gasteiger partial charge in [0.05, 0.1) is 23.6 Å². The highest BCUT2D eigenvalue weighted by atomic mass is 19.1. The maximum absolute atomic E-state index is 13.7.